The smallest absolute Gasteiger partial charge is 0.244 e. The molecular weight excluding hydrogens is 333 g/mol. The van der Waals surface area contributed by atoms with E-state index in [4.69, 9.17) is 4.52 Å². The van der Waals surface area contributed by atoms with Crippen molar-refractivity contribution < 1.29 is 17.3 Å². The van der Waals surface area contributed by atoms with Crippen LogP contribution in [-0.4, -0.2) is 18.6 Å². The van der Waals surface area contributed by atoms with Gasteiger partial charge in [0, 0.05) is 5.56 Å². The Balaban J connectivity index is 1.79. The molecule has 0 amide bonds. The van der Waals surface area contributed by atoms with E-state index >= 15 is 0 Å². The third-order valence-corrected chi connectivity index (χ3v) is 4.86. The molecule has 8 heteroatoms. The van der Waals surface area contributed by atoms with Crippen LogP contribution in [0.4, 0.5) is 4.39 Å². The van der Waals surface area contributed by atoms with E-state index in [9.17, 15) is 12.8 Å². The van der Waals surface area contributed by atoms with Crippen LogP contribution in [0.25, 0.3) is 11.4 Å². The lowest BCUT2D eigenvalue weighted by Crippen LogP contribution is -2.27. The largest absolute Gasteiger partial charge is 0.337 e. The maximum atomic E-state index is 12.9. The Morgan fingerprint density at radius 1 is 1.08 bits per heavy atom. The van der Waals surface area contributed by atoms with Crippen LogP contribution in [0, 0.1) is 5.82 Å². The lowest BCUT2D eigenvalue weighted by Gasteiger charge is -2.10. The molecule has 0 aliphatic rings. The van der Waals surface area contributed by atoms with Gasteiger partial charge in [-0.3, -0.25) is 0 Å². The molecule has 24 heavy (non-hydrogen) atoms. The number of halogens is 1. The molecule has 6 nitrogen and oxygen atoms in total. The van der Waals surface area contributed by atoms with Crippen molar-refractivity contribution in [1.29, 1.82) is 0 Å². The van der Waals surface area contributed by atoms with Crippen LogP contribution in [0.15, 0.2) is 64.0 Å². The first-order valence-electron chi connectivity index (χ1n) is 7.12. The molecule has 1 unspecified atom stereocenters. The molecule has 1 aromatic heterocycles. The van der Waals surface area contributed by atoms with Gasteiger partial charge in [0.05, 0.1) is 10.9 Å². The highest BCUT2D eigenvalue weighted by molar-refractivity contribution is 7.89. The predicted molar refractivity (Wildman–Crippen MR) is 84.9 cm³/mol. The zero-order valence-electron chi connectivity index (χ0n) is 12.7. The second-order valence-electron chi connectivity index (χ2n) is 5.12. The van der Waals surface area contributed by atoms with Gasteiger partial charge in [-0.2, -0.15) is 9.71 Å². The minimum absolute atomic E-state index is 0.119. The molecule has 1 N–H and O–H groups in total. The highest BCUT2D eigenvalue weighted by atomic mass is 32.2. The Bertz CT molecular complexity index is 925. The zero-order chi connectivity index (χ0) is 17.2. The van der Waals surface area contributed by atoms with E-state index in [2.05, 4.69) is 14.9 Å². The van der Waals surface area contributed by atoms with Crippen molar-refractivity contribution in [2.45, 2.75) is 17.9 Å². The summed E-state index contributed by atoms with van der Waals surface area (Å²) in [4.78, 5) is 4.31. The van der Waals surface area contributed by atoms with Gasteiger partial charge < -0.3 is 4.52 Å². The standard InChI is InChI=1S/C16H14FN3O3S/c1-11(20-24(21,22)14-5-3-2-4-6-14)16-18-15(19-23-16)12-7-9-13(17)10-8-12/h2-11,20H,1H3. The van der Waals surface area contributed by atoms with Crippen LogP contribution >= 0.6 is 0 Å². The minimum atomic E-state index is -3.70. The second-order valence-corrected chi connectivity index (χ2v) is 6.83. The topological polar surface area (TPSA) is 85.1 Å². The summed E-state index contributed by atoms with van der Waals surface area (Å²) >= 11 is 0. The van der Waals surface area contributed by atoms with Gasteiger partial charge in [0.2, 0.25) is 21.7 Å². The first-order valence-corrected chi connectivity index (χ1v) is 8.61. The van der Waals surface area contributed by atoms with Crippen molar-refractivity contribution >= 4 is 10.0 Å². The average Bonchev–Trinajstić information content (AvgIpc) is 3.06. The fourth-order valence-corrected chi connectivity index (χ4v) is 3.30. The molecule has 0 spiro atoms. The summed E-state index contributed by atoms with van der Waals surface area (Å²) in [6.07, 6.45) is 0. The van der Waals surface area contributed by atoms with Crippen molar-refractivity contribution in [2.75, 3.05) is 0 Å². The lowest BCUT2D eigenvalue weighted by atomic mass is 10.2. The van der Waals surface area contributed by atoms with Crippen LogP contribution in [0.5, 0.6) is 0 Å². The highest BCUT2D eigenvalue weighted by Gasteiger charge is 2.22. The molecule has 0 aliphatic carbocycles. The van der Waals surface area contributed by atoms with E-state index in [0.717, 1.165) is 0 Å². The predicted octanol–water partition coefficient (Wildman–Crippen LogP) is 2.92. The molecular formula is C16H14FN3O3S. The molecule has 1 atom stereocenters. The molecule has 3 rings (SSSR count). The SMILES string of the molecule is CC(NS(=O)(=O)c1ccccc1)c1nc(-c2ccc(F)cc2)no1. The van der Waals surface area contributed by atoms with Gasteiger partial charge in [0.1, 0.15) is 5.82 Å². The average molecular weight is 347 g/mol. The molecule has 0 saturated carbocycles. The van der Waals surface area contributed by atoms with Crippen LogP contribution in [0.2, 0.25) is 0 Å². The Morgan fingerprint density at radius 3 is 2.42 bits per heavy atom. The van der Waals surface area contributed by atoms with Crippen molar-refractivity contribution in [3.63, 3.8) is 0 Å². The van der Waals surface area contributed by atoms with Gasteiger partial charge >= 0.3 is 0 Å². The molecule has 0 radical (unpaired) electrons. The summed E-state index contributed by atoms with van der Waals surface area (Å²) in [7, 11) is -3.70. The summed E-state index contributed by atoms with van der Waals surface area (Å²) in [6.45, 7) is 1.60. The molecule has 0 fully saturated rings. The Kier molecular flexibility index (Phi) is 4.41. The van der Waals surface area contributed by atoms with E-state index in [1.54, 1.807) is 25.1 Å². The quantitative estimate of drug-likeness (QED) is 0.767. The lowest BCUT2D eigenvalue weighted by molar-refractivity contribution is 0.354. The summed E-state index contributed by atoms with van der Waals surface area (Å²) in [5.41, 5.74) is 0.574. The third-order valence-electron chi connectivity index (χ3n) is 3.30. The molecule has 2 aromatic carbocycles. The number of rotatable bonds is 5. The molecule has 3 aromatic rings. The number of hydrogen-bond acceptors (Lipinski definition) is 5. The van der Waals surface area contributed by atoms with Crippen molar-refractivity contribution in [3.8, 4) is 11.4 Å². The highest BCUT2D eigenvalue weighted by Crippen LogP contribution is 2.20. The first kappa shape index (κ1) is 16.3. The van der Waals surface area contributed by atoms with Crippen LogP contribution in [0.1, 0.15) is 18.9 Å². The van der Waals surface area contributed by atoms with Gasteiger partial charge in [0.15, 0.2) is 0 Å². The molecule has 124 valence electrons. The van der Waals surface area contributed by atoms with Crippen molar-refractivity contribution in [3.05, 3.63) is 66.3 Å². The summed E-state index contributed by atoms with van der Waals surface area (Å²) in [6, 6.07) is 12.9. The molecule has 0 bridgehead atoms. The summed E-state index contributed by atoms with van der Waals surface area (Å²) < 4.78 is 45.1. The Morgan fingerprint density at radius 2 is 1.75 bits per heavy atom. The fraction of sp³-hybridized carbons (Fsp3) is 0.125. The molecule has 0 aliphatic heterocycles. The van der Waals surface area contributed by atoms with E-state index in [1.165, 1.54) is 36.4 Å². The fourth-order valence-electron chi connectivity index (χ4n) is 2.08. The van der Waals surface area contributed by atoms with Crippen molar-refractivity contribution in [1.82, 2.24) is 14.9 Å². The van der Waals surface area contributed by atoms with Gasteiger partial charge in [-0.05, 0) is 43.3 Å². The Labute approximate surface area is 138 Å². The number of nitrogens with zero attached hydrogens (tertiary/aromatic N) is 2. The van der Waals surface area contributed by atoms with Gasteiger partial charge in [0.25, 0.3) is 0 Å². The normalized spacial score (nSPS) is 12.9. The van der Waals surface area contributed by atoms with Gasteiger partial charge in [-0.25, -0.2) is 12.8 Å². The zero-order valence-corrected chi connectivity index (χ0v) is 13.5. The van der Waals surface area contributed by atoms with Crippen molar-refractivity contribution in [2.24, 2.45) is 0 Å². The summed E-state index contributed by atoms with van der Waals surface area (Å²) in [5.74, 6) is 0.0102. The number of sulfonamides is 1. The Hall–Kier alpha value is -2.58. The number of aromatic nitrogens is 2. The number of hydrogen-bond donors (Lipinski definition) is 1. The van der Waals surface area contributed by atoms with Crippen LogP contribution < -0.4 is 4.72 Å². The van der Waals surface area contributed by atoms with E-state index in [1.807, 2.05) is 0 Å². The van der Waals surface area contributed by atoms with E-state index in [-0.39, 0.29) is 22.4 Å². The summed E-state index contributed by atoms with van der Waals surface area (Å²) in [5, 5.41) is 3.80. The number of nitrogens with one attached hydrogen (secondary N) is 1. The molecule has 1 heterocycles. The second kappa shape index (κ2) is 6.50. The minimum Gasteiger partial charge on any atom is -0.337 e. The maximum Gasteiger partial charge on any atom is 0.244 e. The third kappa shape index (κ3) is 3.50. The van der Waals surface area contributed by atoms with Crippen LogP contribution in [-0.2, 0) is 10.0 Å². The van der Waals surface area contributed by atoms with Crippen LogP contribution in [0.3, 0.4) is 0 Å². The first-order chi connectivity index (χ1) is 11.5. The maximum absolute atomic E-state index is 12.9. The molecule has 0 saturated heterocycles. The van der Waals surface area contributed by atoms with E-state index < -0.39 is 16.1 Å². The van der Waals surface area contributed by atoms with Gasteiger partial charge in [-0.15, -0.1) is 0 Å². The number of benzene rings is 2. The van der Waals surface area contributed by atoms with Gasteiger partial charge in [-0.1, -0.05) is 23.4 Å². The monoisotopic (exact) mass is 347 g/mol. The van der Waals surface area contributed by atoms with E-state index in [0.29, 0.717) is 5.56 Å².